The lowest BCUT2D eigenvalue weighted by molar-refractivity contribution is -0.115. The van der Waals surface area contributed by atoms with Gasteiger partial charge < -0.3 is 5.73 Å². The van der Waals surface area contributed by atoms with Crippen molar-refractivity contribution in [2.24, 2.45) is 10.7 Å². The van der Waals surface area contributed by atoms with Crippen LogP contribution in [-0.2, 0) is 4.79 Å². The van der Waals surface area contributed by atoms with Gasteiger partial charge in [0.15, 0.2) is 0 Å². The van der Waals surface area contributed by atoms with Crippen LogP contribution >= 0.6 is 0 Å². The third-order valence-electron chi connectivity index (χ3n) is 2.48. The monoisotopic (exact) mass is 265 g/mol. The molecule has 0 saturated heterocycles. The first-order chi connectivity index (χ1) is 9.74. The van der Waals surface area contributed by atoms with Crippen LogP contribution in [0.1, 0.15) is 5.56 Å². The normalized spacial score (nSPS) is 11.5. The summed E-state index contributed by atoms with van der Waals surface area (Å²) in [6.45, 7) is 0. The Hall–Kier alpha value is -2.88. The number of nitrogens with one attached hydrogen (secondary N) is 1. The van der Waals surface area contributed by atoms with E-state index in [1.807, 2.05) is 48.5 Å². The summed E-state index contributed by atoms with van der Waals surface area (Å²) in [5.74, 6) is -0.245. The van der Waals surface area contributed by atoms with Crippen LogP contribution < -0.4 is 11.1 Å². The van der Waals surface area contributed by atoms with Crippen LogP contribution in [-0.4, -0.2) is 11.9 Å². The first kappa shape index (κ1) is 13.5. The van der Waals surface area contributed by atoms with Gasteiger partial charge >= 0.3 is 0 Å². The predicted octanol–water partition coefficient (Wildman–Crippen LogP) is 2.46. The maximum Gasteiger partial charge on any atom is 0.250 e. The van der Waals surface area contributed by atoms with E-state index in [1.165, 1.54) is 6.08 Å². The number of para-hydroxylation sites is 1. The number of benzene rings is 2. The summed E-state index contributed by atoms with van der Waals surface area (Å²) in [6.07, 6.45) is 3.13. The number of carbonyl (C=O) groups is 1. The molecule has 100 valence electrons. The van der Waals surface area contributed by atoms with Crippen molar-refractivity contribution in [3.8, 4) is 0 Å². The van der Waals surface area contributed by atoms with Gasteiger partial charge in [-0.05, 0) is 23.8 Å². The van der Waals surface area contributed by atoms with Crippen molar-refractivity contribution in [2.45, 2.75) is 0 Å². The Morgan fingerprint density at radius 3 is 2.25 bits per heavy atom. The molecule has 4 nitrogen and oxygen atoms in total. The molecule has 0 aliphatic heterocycles. The summed E-state index contributed by atoms with van der Waals surface area (Å²) >= 11 is 0. The van der Waals surface area contributed by atoms with E-state index < -0.39 is 0 Å². The van der Waals surface area contributed by atoms with Crippen LogP contribution in [0.4, 0.5) is 5.69 Å². The minimum Gasteiger partial charge on any atom is -0.369 e. The lowest BCUT2D eigenvalue weighted by Gasteiger charge is -2.01. The van der Waals surface area contributed by atoms with E-state index in [0.717, 1.165) is 5.56 Å². The zero-order chi connectivity index (χ0) is 14.2. The number of rotatable bonds is 3. The van der Waals surface area contributed by atoms with Crippen molar-refractivity contribution in [3.63, 3.8) is 0 Å². The summed E-state index contributed by atoms with van der Waals surface area (Å²) in [6, 6.07) is 18.7. The van der Waals surface area contributed by atoms with Gasteiger partial charge in [0.05, 0.1) is 5.69 Å². The zero-order valence-electron chi connectivity index (χ0n) is 10.9. The van der Waals surface area contributed by atoms with Gasteiger partial charge in [-0.15, -0.1) is 0 Å². The lowest BCUT2D eigenvalue weighted by Crippen LogP contribution is -2.35. The van der Waals surface area contributed by atoms with E-state index >= 15 is 0 Å². The highest BCUT2D eigenvalue weighted by atomic mass is 16.1. The molecule has 0 spiro atoms. The first-order valence-electron chi connectivity index (χ1n) is 6.17. The fourth-order valence-electron chi connectivity index (χ4n) is 1.57. The number of nitrogens with two attached hydrogens (primary N) is 1. The van der Waals surface area contributed by atoms with E-state index in [4.69, 9.17) is 5.73 Å². The molecule has 0 bridgehead atoms. The molecule has 3 N–H and O–H groups in total. The molecule has 0 unspecified atom stereocenters. The van der Waals surface area contributed by atoms with Crippen molar-refractivity contribution >= 4 is 23.6 Å². The van der Waals surface area contributed by atoms with E-state index in [1.54, 1.807) is 18.2 Å². The smallest absolute Gasteiger partial charge is 0.250 e. The topological polar surface area (TPSA) is 67.5 Å². The SMILES string of the molecule is NC(=Nc1ccccc1)NC(=O)C=Cc1ccccc1. The highest BCUT2D eigenvalue weighted by molar-refractivity contribution is 6.04. The van der Waals surface area contributed by atoms with E-state index in [0.29, 0.717) is 5.69 Å². The van der Waals surface area contributed by atoms with Crippen LogP contribution in [0.15, 0.2) is 71.7 Å². The third kappa shape index (κ3) is 4.42. The summed E-state index contributed by atoms with van der Waals surface area (Å²) in [7, 11) is 0. The van der Waals surface area contributed by atoms with Crippen LogP contribution in [0, 0.1) is 0 Å². The number of guanidine groups is 1. The minimum atomic E-state index is -0.314. The highest BCUT2D eigenvalue weighted by Crippen LogP contribution is 2.08. The summed E-state index contributed by atoms with van der Waals surface area (Å²) in [5, 5.41) is 2.50. The number of aliphatic imine (C=N–C) groups is 1. The Morgan fingerprint density at radius 2 is 1.60 bits per heavy atom. The average molecular weight is 265 g/mol. The summed E-state index contributed by atoms with van der Waals surface area (Å²) in [4.78, 5) is 15.7. The molecule has 0 aliphatic rings. The van der Waals surface area contributed by atoms with Crippen molar-refractivity contribution in [2.75, 3.05) is 0 Å². The van der Waals surface area contributed by atoms with Crippen molar-refractivity contribution in [1.82, 2.24) is 5.32 Å². The molecule has 2 aromatic carbocycles. The second kappa shape index (κ2) is 6.89. The number of carbonyl (C=O) groups excluding carboxylic acids is 1. The zero-order valence-corrected chi connectivity index (χ0v) is 10.9. The molecule has 2 aromatic rings. The largest absolute Gasteiger partial charge is 0.369 e. The molecule has 1 amide bonds. The molecule has 0 aliphatic carbocycles. The van der Waals surface area contributed by atoms with Crippen molar-refractivity contribution < 1.29 is 4.79 Å². The maximum absolute atomic E-state index is 11.7. The van der Waals surface area contributed by atoms with Crippen LogP contribution in [0.25, 0.3) is 6.08 Å². The molecular formula is C16H15N3O. The van der Waals surface area contributed by atoms with Gasteiger partial charge in [0, 0.05) is 6.08 Å². The molecule has 0 radical (unpaired) electrons. The molecule has 4 heteroatoms. The van der Waals surface area contributed by atoms with Crippen LogP contribution in [0.3, 0.4) is 0 Å². The van der Waals surface area contributed by atoms with Gasteiger partial charge in [-0.1, -0.05) is 48.5 Å². The first-order valence-corrected chi connectivity index (χ1v) is 6.17. The van der Waals surface area contributed by atoms with E-state index in [-0.39, 0.29) is 11.9 Å². The van der Waals surface area contributed by atoms with Crippen molar-refractivity contribution in [1.29, 1.82) is 0 Å². The van der Waals surface area contributed by atoms with Gasteiger partial charge in [-0.3, -0.25) is 10.1 Å². The fraction of sp³-hybridized carbons (Fsp3) is 0. The van der Waals surface area contributed by atoms with E-state index in [2.05, 4.69) is 10.3 Å². The molecule has 20 heavy (non-hydrogen) atoms. The number of amides is 1. The summed E-state index contributed by atoms with van der Waals surface area (Å²) in [5.41, 5.74) is 7.30. The van der Waals surface area contributed by atoms with Gasteiger partial charge in [0.25, 0.3) is 5.91 Å². The molecule has 2 rings (SSSR count). The molecule has 0 heterocycles. The molecule has 0 aromatic heterocycles. The van der Waals surface area contributed by atoms with Crippen LogP contribution in [0.5, 0.6) is 0 Å². The summed E-state index contributed by atoms with van der Waals surface area (Å²) < 4.78 is 0. The number of hydrogen-bond acceptors (Lipinski definition) is 2. The Bertz CT molecular complexity index is 619. The molecular weight excluding hydrogens is 250 g/mol. The standard InChI is InChI=1S/C16H15N3O/c17-16(18-14-9-5-2-6-10-14)19-15(20)12-11-13-7-3-1-4-8-13/h1-12H,(H3,17,18,19,20). The quantitative estimate of drug-likeness (QED) is 0.508. The van der Waals surface area contributed by atoms with Gasteiger partial charge in [0.2, 0.25) is 5.96 Å². The molecule has 0 saturated carbocycles. The second-order valence-corrected chi connectivity index (χ2v) is 4.07. The Morgan fingerprint density at radius 1 is 1.00 bits per heavy atom. The predicted molar refractivity (Wildman–Crippen MR) is 81.3 cm³/mol. The van der Waals surface area contributed by atoms with E-state index in [9.17, 15) is 4.79 Å². The molecule has 0 fully saturated rings. The lowest BCUT2D eigenvalue weighted by atomic mass is 10.2. The second-order valence-electron chi connectivity index (χ2n) is 4.07. The fourth-order valence-corrected chi connectivity index (χ4v) is 1.57. The third-order valence-corrected chi connectivity index (χ3v) is 2.48. The Kier molecular flexibility index (Phi) is 4.67. The highest BCUT2D eigenvalue weighted by Gasteiger charge is 1.98. The van der Waals surface area contributed by atoms with Crippen molar-refractivity contribution in [3.05, 3.63) is 72.3 Å². The van der Waals surface area contributed by atoms with Crippen LogP contribution in [0.2, 0.25) is 0 Å². The van der Waals surface area contributed by atoms with Gasteiger partial charge in [-0.25, -0.2) is 4.99 Å². The number of hydrogen-bond donors (Lipinski definition) is 2. The Balaban J connectivity index is 1.95. The minimum absolute atomic E-state index is 0.0684. The molecule has 0 atom stereocenters. The van der Waals surface area contributed by atoms with Gasteiger partial charge in [0.1, 0.15) is 0 Å². The van der Waals surface area contributed by atoms with Gasteiger partial charge in [-0.2, -0.15) is 0 Å². The Labute approximate surface area is 117 Å². The number of nitrogens with zero attached hydrogens (tertiary/aromatic N) is 1. The maximum atomic E-state index is 11.7. The average Bonchev–Trinajstić information content (AvgIpc) is 2.47.